The highest BCUT2D eigenvalue weighted by Crippen LogP contribution is 2.27. The number of para-hydroxylation sites is 1. The van der Waals surface area contributed by atoms with Gasteiger partial charge in [-0.3, -0.25) is 9.55 Å². The molecule has 0 saturated carbocycles. The Balaban J connectivity index is 2.22. The second kappa shape index (κ2) is 6.64. The largest absolute Gasteiger partial charge is 0.478 e. The average molecular weight is 341 g/mol. The van der Waals surface area contributed by atoms with Gasteiger partial charge in [-0.05, 0) is 36.8 Å². The molecule has 0 radical (unpaired) electrons. The zero-order valence-electron chi connectivity index (χ0n) is 12.7. The van der Waals surface area contributed by atoms with Gasteiger partial charge in [-0.1, -0.05) is 29.8 Å². The van der Waals surface area contributed by atoms with Gasteiger partial charge in [-0.15, -0.1) is 10.2 Å². The summed E-state index contributed by atoms with van der Waals surface area (Å²) in [7, 11) is 0. The van der Waals surface area contributed by atoms with Crippen molar-refractivity contribution in [1.82, 2.24) is 19.7 Å². The predicted octanol–water partition coefficient (Wildman–Crippen LogP) is 3.39. The van der Waals surface area contributed by atoms with E-state index in [1.54, 1.807) is 16.8 Å². The van der Waals surface area contributed by atoms with Crippen molar-refractivity contribution in [2.24, 2.45) is 0 Å². The summed E-state index contributed by atoms with van der Waals surface area (Å²) in [4.78, 5) is 15.2. The summed E-state index contributed by atoms with van der Waals surface area (Å²) in [5.74, 6) is -0.241. The molecule has 0 saturated heterocycles. The van der Waals surface area contributed by atoms with E-state index in [2.05, 4.69) is 15.2 Å². The van der Waals surface area contributed by atoms with Gasteiger partial charge in [0.25, 0.3) is 0 Å². The quantitative estimate of drug-likeness (QED) is 0.736. The molecule has 120 valence electrons. The highest BCUT2D eigenvalue weighted by Gasteiger charge is 2.17. The second-order valence-corrected chi connectivity index (χ2v) is 5.47. The van der Waals surface area contributed by atoms with Crippen LogP contribution in [0.5, 0.6) is 0 Å². The molecule has 0 aliphatic heterocycles. The van der Waals surface area contributed by atoms with Crippen molar-refractivity contribution in [2.45, 2.75) is 6.92 Å². The summed E-state index contributed by atoms with van der Waals surface area (Å²) in [6, 6.07) is 10.9. The van der Waals surface area contributed by atoms with Crippen molar-refractivity contribution < 1.29 is 9.90 Å². The molecule has 0 fully saturated rings. The molecule has 1 aromatic carbocycles. The van der Waals surface area contributed by atoms with Gasteiger partial charge in [-0.2, -0.15) is 0 Å². The third kappa shape index (κ3) is 3.18. The van der Waals surface area contributed by atoms with E-state index in [9.17, 15) is 4.79 Å². The van der Waals surface area contributed by atoms with Gasteiger partial charge in [0.05, 0.1) is 10.7 Å². The highest BCUT2D eigenvalue weighted by atomic mass is 35.5. The zero-order valence-corrected chi connectivity index (χ0v) is 13.5. The lowest BCUT2D eigenvalue weighted by atomic mass is 10.2. The van der Waals surface area contributed by atoms with Crippen LogP contribution < -0.4 is 0 Å². The molecular formula is C17H13ClN4O2. The molecule has 7 heteroatoms. The molecule has 3 rings (SSSR count). The third-order valence-corrected chi connectivity index (χ3v) is 3.62. The lowest BCUT2D eigenvalue weighted by Crippen LogP contribution is -2.02. The maximum absolute atomic E-state index is 10.8. The van der Waals surface area contributed by atoms with Gasteiger partial charge in [0.15, 0.2) is 11.6 Å². The molecule has 0 amide bonds. The van der Waals surface area contributed by atoms with Crippen LogP contribution in [0.3, 0.4) is 0 Å². The fourth-order valence-electron chi connectivity index (χ4n) is 2.19. The Morgan fingerprint density at radius 2 is 2.00 bits per heavy atom. The van der Waals surface area contributed by atoms with E-state index in [1.807, 2.05) is 37.3 Å². The van der Waals surface area contributed by atoms with Crippen molar-refractivity contribution in [3.05, 3.63) is 65.1 Å². The number of benzene rings is 1. The maximum Gasteiger partial charge on any atom is 0.328 e. The molecule has 0 unspecified atom stereocenters. The third-order valence-electron chi connectivity index (χ3n) is 3.30. The summed E-state index contributed by atoms with van der Waals surface area (Å²) >= 11 is 6.30. The molecule has 3 aromatic rings. The van der Waals surface area contributed by atoms with Crippen LogP contribution in [0.1, 0.15) is 11.4 Å². The first-order valence-electron chi connectivity index (χ1n) is 7.10. The fourth-order valence-corrected chi connectivity index (χ4v) is 2.41. The SMILES string of the molecule is Cc1ccc(-c2nnc(/C=C/C(=O)O)n2-c2ccccc2Cl)nc1. The first kappa shape index (κ1) is 15.9. The fraction of sp³-hybridized carbons (Fsp3) is 0.0588. The number of halogens is 1. The average Bonchev–Trinajstić information content (AvgIpc) is 2.98. The van der Waals surface area contributed by atoms with Crippen LogP contribution >= 0.6 is 11.6 Å². The molecule has 24 heavy (non-hydrogen) atoms. The number of aliphatic carboxylic acids is 1. The number of carboxylic acids is 1. The van der Waals surface area contributed by atoms with Gasteiger partial charge in [0.1, 0.15) is 5.69 Å². The zero-order chi connectivity index (χ0) is 17.1. The van der Waals surface area contributed by atoms with E-state index >= 15 is 0 Å². The number of carbonyl (C=O) groups is 1. The number of aryl methyl sites for hydroxylation is 1. The predicted molar refractivity (Wildman–Crippen MR) is 91.0 cm³/mol. The first-order chi connectivity index (χ1) is 11.6. The standard InChI is InChI=1S/C17H13ClN4O2/c1-11-6-7-13(19-10-11)17-21-20-15(8-9-16(23)24)22(17)14-5-3-2-4-12(14)18/h2-10H,1H3,(H,23,24)/b9-8+. The van der Waals surface area contributed by atoms with E-state index in [1.165, 1.54) is 6.08 Å². The van der Waals surface area contributed by atoms with Gasteiger partial charge < -0.3 is 5.11 Å². The van der Waals surface area contributed by atoms with Crippen LogP contribution in [0.15, 0.2) is 48.7 Å². The molecule has 1 N–H and O–H groups in total. The summed E-state index contributed by atoms with van der Waals surface area (Å²) in [6.07, 6.45) is 4.10. The lowest BCUT2D eigenvalue weighted by molar-refractivity contribution is -0.131. The molecular weight excluding hydrogens is 328 g/mol. The molecule has 0 aliphatic rings. The monoisotopic (exact) mass is 340 g/mol. The maximum atomic E-state index is 10.8. The number of rotatable bonds is 4. The van der Waals surface area contributed by atoms with Crippen LogP contribution in [0, 0.1) is 6.92 Å². The Bertz CT molecular complexity index is 917. The second-order valence-electron chi connectivity index (χ2n) is 5.06. The van der Waals surface area contributed by atoms with Crippen molar-refractivity contribution >= 4 is 23.6 Å². The topological polar surface area (TPSA) is 80.9 Å². The number of carboxylic acid groups (broad SMARTS) is 1. The molecule has 2 aromatic heterocycles. The Morgan fingerprint density at radius 3 is 2.67 bits per heavy atom. The Morgan fingerprint density at radius 1 is 1.21 bits per heavy atom. The van der Waals surface area contributed by atoms with Crippen LogP contribution in [0.25, 0.3) is 23.3 Å². The summed E-state index contributed by atoms with van der Waals surface area (Å²) < 4.78 is 1.68. The number of pyridine rings is 1. The molecule has 0 bridgehead atoms. The number of nitrogens with zero attached hydrogens (tertiary/aromatic N) is 4. The number of hydrogen-bond acceptors (Lipinski definition) is 4. The molecule has 0 aliphatic carbocycles. The minimum atomic E-state index is -1.07. The van der Waals surface area contributed by atoms with E-state index in [0.29, 0.717) is 28.1 Å². The van der Waals surface area contributed by atoms with E-state index in [4.69, 9.17) is 16.7 Å². The van der Waals surface area contributed by atoms with Crippen molar-refractivity contribution in [1.29, 1.82) is 0 Å². The number of hydrogen-bond donors (Lipinski definition) is 1. The minimum absolute atomic E-state index is 0.350. The van der Waals surface area contributed by atoms with Gasteiger partial charge in [0.2, 0.25) is 0 Å². The van der Waals surface area contributed by atoms with Gasteiger partial charge >= 0.3 is 5.97 Å². The molecule has 6 nitrogen and oxygen atoms in total. The lowest BCUT2D eigenvalue weighted by Gasteiger charge is -2.10. The van der Waals surface area contributed by atoms with Gasteiger partial charge in [-0.25, -0.2) is 4.79 Å². The smallest absolute Gasteiger partial charge is 0.328 e. The summed E-state index contributed by atoms with van der Waals surface area (Å²) in [5.41, 5.74) is 2.28. The van der Waals surface area contributed by atoms with Crippen LogP contribution in [-0.2, 0) is 4.79 Å². The van der Waals surface area contributed by atoms with Crippen molar-refractivity contribution in [3.63, 3.8) is 0 Å². The van der Waals surface area contributed by atoms with Crippen LogP contribution in [-0.4, -0.2) is 30.8 Å². The number of aromatic nitrogens is 4. The van der Waals surface area contributed by atoms with Crippen molar-refractivity contribution in [2.75, 3.05) is 0 Å². The van der Waals surface area contributed by atoms with Crippen molar-refractivity contribution in [3.8, 4) is 17.2 Å². The van der Waals surface area contributed by atoms with Crippen LogP contribution in [0.4, 0.5) is 0 Å². The summed E-state index contributed by atoms with van der Waals surface area (Å²) in [5, 5.41) is 17.6. The van der Waals surface area contributed by atoms with E-state index in [0.717, 1.165) is 11.6 Å². The van der Waals surface area contributed by atoms with Gasteiger partial charge in [0, 0.05) is 12.3 Å². The van der Waals surface area contributed by atoms with E-state index in [-0.39, 0.29) is 0 Å². The highest BCUT2D eigenvalue weighted by molar-refractivity contribution is 6.32. The molecule has 0 spiro atoms. The van der Waals surface area contributed by atoms with E-state index < -0.39 is 5.97 Å². The first-order valence-corrected chi connectivity index (χ1v) is 7.48. The summed E-state index contributed by atoms with van der Waals surface area (Å²) in [6.45, 7) is 1.94. The van der Waals surface area contributed by atoms with Crippen LogP contribution in [0.2, 0.25) is 5.02 Å². The minimum Gasteiger partial charge on any atom is -0.478 e. The molecule has 2 heterocycles. The Labute approximate surface area is 143 Å². The Hall–Kier alpha value is -2.99. The normalized spacial score (nSPS) is 11.1. The Kier molecular flexibility index (Phi) is 4.39. The molecule has 0 atom stereocenters.